The van der Waals surface area contributed by atoms with Gasteiger partial charge in [-0.1, -0.05) is 64.1 Å². The Morgan fingerprint density at radius 3 is 2.18 bits per heavy atom. The van der Waals surface area contributed by atoms with Gasteiger partial charge in [-0.2, -0.15) is 0 Å². The molecular weight excluding hydrogens is 414 g/mol. The highest BCUT2D eigenvalue weighted by Crippen LogP contribution is 2.12. The SMILES string of the molecule is CCCN(CCC)C(=O)c1cccc(C(=O)N[C@@H](Cc2ccccc2)[C@H](O)CNC(C)C)c1. The maximum Gasteiger partial charge on any atom is 0.253 e. The number of rotatable bonds is 13. The second-order valence-electron chi connectivity index (χ2n) is 8.77. The number of aliphatic hydroxyl groups excluding tert-OH is 1. The highest BCUT2D eigenvalue weighted by atomic mass is 16.3. The van der Waals surface area contributed by atoms with E-state index < -0.39 is 12.1 Å². The van der Waals surface area contributed by atoms with Crippen LogP contribution in [0.4, 0.5) is 0 Å². The van der Waals surface area contributed by atoms with Crippen LogP contribution in [-0.2, 0) is 6.42 Å². The minimum atomic E-state index is -0.758. The topological polar surface area (TPSA) is 81.7 Å². The molecule has 6 heteroatoms. The van der Waals surface area contributed by atoms with Crippen LogP contribution in [0.25, 0.3) is 0 Å². The van der Waals surface area contributed by atoms with E-state index in [1.165, 1.54) is 0 Å². The number of benzene rings is 2. The lowest BCUT2D eigenvalue weighted by atomic mass is 10.00. The molecule has 0 aliphatic heterocycles. The number of aliphatic hydroxyl groups is 1. The minimum Gasteiger partial charge on any atom is -0.390 e. The highest BCUT2D eigenvalue weighted by molar-refractivity contribution is 5.99. The zero-order valence-corrected chi connectivity index (χ0v) is 20.4. The molecule has 2 aromatic rings. The first-order valence-corrected chi connectivity index (χ1v) is 12.0. The van der Waals surface area contributed by atoms with Crippen molar-refractivity contribution in [2.75, 3.05) is 19.6 Å². The van der Waals surface area contributed by atoms with E-state index in [1.807, 2.05) is 62.9 Å². The average Bonchev–Trinajstić information content (AvgIpc) is 2.82. The van der Waals surface area contributed by atoms with Crippen LogP contribution in [0, 0.1) is 0 Å². The van der Waals surface area contributed by atoms with Crippen LogP contribution >= 0.6 is 0 Å². The first kappa shape index (κ1) is 26.6. The summed E-state index contributed by atoms with van der Waals surface area (Å²) in [5.74, 6) is -0.359. The predicted octanol–water partition coefficient (Wildman–Crippen LogP) is 3.65. The third-order valence-electron chi connectivity index (χ3n) is 5.46. The van der Waals surface area contributed by atoms with E-state index in [2.05, 4.69) is 10.6 Å². The van der Waals surface area contributed by atoms with Gasteiger partial charge < -0.3 is 20.6 Å². The second-order valence-corrected chi connectivity index (χ2v) is 8.77. The number of hydrogen-bond donors (Lipinski definition) is 3. The lowest BCUT2D eigenvalue weighted by Gasteiger charge is -2.26. The van der Waals surface area contributed by atoms with Crippen LogP contribution in [0.15, 0.2) is 54.6 Å². The first-order valence-electron chi connectivity index (χ1n) is 12.0. The predicted molar refractivity (Wildman–Crippen MR) is 133 cm³/mol. The lowest BCUT2D eigenvalue weighted by Crippen LogP contribution is -2.49. The minimum absolute atomic E-state index is 0.0599. The molecule has 0 bridgehead atoms. The van der Waals surface area contributed by atoms with E-state index in [1.54, 1.807) is 24.3 Å². The van der Waals surface area contributed by atoms with Gasteiger partial charge in [-0.05, 0) is 43.0 Å². The molecule has 2 aromatic carbocycles. The average molecular weight is 454 g/mol. The molecule has 2 amide bonds. The summed E-state index contributed by atoms with van der Waals surface area (Å²) in [6.07, 6.45) is 1.52. The Morgan fingerprint density at radius 2 is 1.58 bits per heavy atom. The fourth-order valence-corrected chi connectivity index (χ4v) is 3.73. The van der Waals surface area contributed by atoms with E-state index in [0.29, 0.717) is 37.2 Å². The maximum absolute atomic E-state index is 13.1. The first-order chi connectivity index (χ1) is 15.8. The number of nitrogens with one attached hydrogen (secondary N) is 2. The molecular formula is C27H39N3O3. The summed E-state index contributed by atoms with van der Waals surface area (Å²) in [7, 11) is 0. The van der Waals surface area contributed by atoms with Crippen molar-refractivity contribution in [1.82, 2.24) is 15.5 Å². The van der Waals surface area contributed by atoms with Crippen molar-refractivity contribution in [2.45, 2.75) is 65.1 Å². The van der Waals surface area contributed by atoms with E-state index >= 15 is 0 Å². The fraction of sp³-hybridized carbons (Fsp3) is 0.481. The van der Waals surface area contributed by atoms with Crippen LogP contribution in [0.5, 0.6) is 0 Å². The van der Waals surface area contributed by atoms with Crippen molar-refractivity contribution in [2.24, 2.45) is 0 Å². The molecule has 0 spiro atoms. The Kier molecular flexibility index (Phi) is 11.1. The normalized spacial score (nSPS) is 12.9. The molecule has 180 valence electrons. The van der Waals surface area contributed by atoms with Crippen LogP contribution in [-0.4, -0.2) is 59.6 Å². The molecule has 0 saturated heterocycles. The van der Waals surface area contributed by atoms with Gasteiger partial charge in [0.2, 0.25) is 0 Å². The Morgan fingerprint density at radius 1 is 0.939 bits per heavy atom. The van der Waals surface area contributed by atoms with Gasteiger partial charge in [-0.3, -0.25) is 9.59 Å². The molecule has 0 radical (unpaired) electrons. The Hall–Kier alpha value is -2.70. The molecule has 0 aromatic heterocycles. The Balaban J connectivity index is 2.18. The summed E-state index contributed by atoms with van der Waals surface area (Å²) in [4.78, 5) is 27.9. The number of amides is 2. The van der Waals surface area contributed by atoms with Gasteiger partial charge in [0.15, 0.2) is 0 Å². The third-order valence-corrected chi connectivity index (χ3v) is 5.46. The molecule has 0 aliphatic carbocycles. The summed E-state index contributed by atoms with van der Waals surface area (Å²) >= 11 is 0. The summed E-state index contributed by atoms with van der Waals surface area (Å²) in [5.41, 5.74) is 1.95. The smallest absolute Gasteiger partial charge is 0.253 e. The molecule has 0 aliphatic rings. The van der Waals surface area contributed by atoms with Crippen molar-refractivity contribution in [3.8, 4) is 0 Å². The molecule has 3 N–H and O–H groups in total. The van der Waals surface area contributed by atoms with Crippen molar-refractivity contribution >= 4 is 11.8 Å². The molecule has 2 rings (SSSR count). The van der Waals surface area contributed by atoms with Crippen molar-refractivity contribution in [1.29, 1.82) is 0 Å². The van der Waals surface area contributed by atoms with E-state index in [4.69, 9.17) is 0 Å². The molecule has 33 heavy (non-hydrogen) atoms. The number of nitrogens with zero attached hydrogens (tertiary/aromatic N) is 1. The Labute approximate surface area is 198 Å². The van der Waals surface area contributed by atoms with Crippen LogP contribution in [0.1, 0.15) is 66.8 Å². The van der Waals surface area contributed by atoms with Gasteiger partial charge in [0, 0.05) is 36.8 Å². The summed E-state index contributed by atoms with van der Waals surface area (Å²) < 4.78 is 0. The van der Waals surface area contributed by atoms with Gasteiger partial charge in [-0.25, -0.2) is 0 Å². The van der Waals surface area contributed by atoms with Gasteiger partial charge in [0.1, 0.15) is 0 Å². The summed E-state index contributed by atoms with van der Waals surface area (Å²) in [5, 5.41) is 17.0. The highest BCUT2D eigenvalue weighted by Gasteiger charge is 2.23. The molecule has 0 fully saturated rings. The summed E-state index contributed by atoms with van der Waals surface area (Å²) in [6, 6.07) is 16.4. The van der Waals surface area contributed by atoms with E-state index in [9.17, 15) is 14.7 Å². The second kappa shape index (κ2) is 13.8. The standard InChI is InChI=1S/C27H39N3O3/c1-5-15-30(16-6-2)27(33)23-14-10-13-22(18-23)26(32)29-24(25(31)19-28-20(3)4)17-21-11-8-7-9-12-21/h7-14,18,20,24-25,28,31H,5-6,15-17,19H2,1-4H3,(H,29,32)/t24-,25+/m0/s1. The lowest BCUT2D eigenvalue weighted by molar-refractivity contribution is 0.0755. The molecule has 2 atom stereocenters. The van der Waals surface area contributed by atoms with Crippen LogP contribution < -0.4 is 10.6 Å². The third kappa shape index (κ3) is 8.63. The van der Waals surface area contributed by atoms with Crippen molar-refractivity contribution in [3.63, 3.8) is 0 Å². The van der Waals surface area contributed by atoms with Crippen LogP contribution in [0.3, 0.4) is 0 Å². The largest absolute Gasteiger partial charge is 0.390 e. The molecule has 0 heterocycles. The monoisotopic (exact) mass is 453 g/mol. The molecule has 0 saturated carbocycles. The zero-order valence-electron chi connectivity index (χ0n) is 20.4. The van der Waals surface area contributed by atoms with Crippen LogP contribution in [0.2, 0.25) is 0 Å². The Bertz CT molecular complexity index is 864. The van der Waals surface area contributed by atoms with Crippen molar-refractivity contribution < 1.29 is 14.7 Å². The molecule has 0 unspecified atom stereocenters. The molecule has 6 nitrogen and oxygen atoms in total. The van der Waals surface area contributed by atoms with Crippen molar-refractivity contribution in [3.05, 3.63) is 71.3 Å². The van der Waals surface area contributed by atoms with Gasteiger partial charge in [0.25, 0.3) is 11.8 Å². The van der Waals surface area contributed by atoms with E-state index in [0.717, 1.165) is 18.4 Å². The van der Waals surface area contributed by atoms with Gasteiger partial charge >= 0.3 is 0 Å². The number of carbonyl (C=O) groups excluding carboxylic acids is 2. The number of carbonyl (C=O) groups is 2. The summed E-state index contributed by atoms with van der Waals surface area (Å²) in [6.45, 7) is 9.88. The fourth-order valence-electron chi connectivity index (χ4n) is 3.73. The zero-order chi connectivity index (χ0) is 24.2. The van der Waals surface area contributed by atoms with Gasteiger partial charge in [-0.15, -0.1) is 0 Å². The maximum atomic E-state index is 13.1. The van der Waals surface area contributed by atoms with E-state index in [-0.39, 0.29) is 17.9 Å². The quantitative estimate of drug-likeness (QED) is 0.432. The number of hydrogen-bond acceptors (Lipinski definition) is 4. The van der Waals surface area contributed by atoms with Gasteiger partial charge in [0.05, 0.1) is 12.1 Å².